The SMILES string of the molecule is CCCN(C)CCC(NC)C(F)(F)CC. The number of halogens is 2. The van der Waals surface area contributed by atoms with E-state index in [4.69, 9.17) is 0 Å². The average Bonchev–Trinajstić information content (AvgIpc) is 2.19. The molecule has 0 spiro atoms. The summed E-state index contributed by atoms with van der Waals surface area (Å²) in [5.41, 5.74) is 0. The third-order valence-electron chi connectivity index (χ3n) is 2.73. The molecule has 1 N–H and O–H groups in total. The Balaban J connectivity index is 4.00. The lowest BCUT2D eigenvalue weighted by molar-refractivity contribution is -0.0424. The molecule has 0 bridgehead atoms. The second kappa shape index (κ2) is 7.12. The van der Waals surface area contributed by atoms with Crippen LogP contribution in [0.25, 0.3) is 0 Å². The van der Waals surface area contributed by atoms with Crippen LogP contribution in [-0.4, -0.2) is 44.0 Å². The van der Waals surface area contributed by atoms with Gasteiger partial charge in [0.1, 0.15) is 0 Å². The highest BCUT2D eigenvalue weighted by atomic mass is 19.3. The van der Waals surface area contributed by atoms with Crippen LogP contribution in [0, 0.1) is 0 Å². The first kappa shape index (κ1) is 14.8. The molecule has 15 heavy (non-hydrogen) atoms. The quantitative estimate of drug-likeness (QED) is 0.678. The Kier molecular flexibility index (Phi) is 7.02. The summed E-state index contributed by atoms with van der Waals surface area (Å²) in [6.45, 7) is 5.30. The minimum absolute atomic E-state index is 0.101. The van der Waals surface area contributed by atoms with Crippen molar-refractivity contribution in [2.24, 2.45) is 0 Å². The Morgan fingerprint density at radius 2 is 1.87 bits per heavy atom. The molecule has 2 nitrogen and oxygen atoms in total. The van der Waals surface area contributed by atoms with Crippen molar-refractivity contribution in [1.29, 1.82) is 0 Å². The third-order valence-corrected chi connectivity index (χ3v) is 2.73. The standard InChI is InChI=1S/C11H24F2N2/c1-5-8-15(4)9-7-10(14-3)11(12,13)6-2/h10,14H,5-9H2,1-4H3. The number of hydrogen-bond acceptors (Lipinski definition) is 2. The van der Waals surface area contributed by atoms with Crippen molar-refractivity contribution >= 4 is 0 Å². The smallest absolute Gasteiger partial charge is 0.262 e. The van der Waals surface area contributed by atoms with Gasteiger partial charge < -0.3 is 10.2 Å². The van der Waals surface area contributed by atoms with Crippen LogP contribution in [0.2, 0.25) is 0 Å². The Morgan fingerprint density at radius 1 is 1.27 bits per heavy atom. The van der Waals surface area contributed by atoms with Gasteiger partial charge in [0.2, 0.25) is 0 Å². The fourth-order valence-electron chi connectivity index (χ4n) is 1.66. The van der Waals surface area contributed by atoms with Gasteiger partial charge >= 0.3 is 0 Å². The van der Waals surface area contributed by atoms with Gasteiger partial charge in [-0.05, 0) is 40.0 Å². The molecule has 0 rings (SSSR count). The van der Waals surface area contributed by atoms with E-state index in [0.29, 0.717) is 6.42 Å². The van der Waals surface area contributed by atoms with Crippen molar-refractivity contribution in [2.75, 3.05) is 27.2 Å². The molecule has 92 valence electrons. The van der Waals surface area contributed by atoms with E-state index in [2.05, 4.69) is 17.1 Å². The molecule has 0 aliphatic rings. The lowest BCUT2D eigenvalue weighted by Crippen LogP contribution is -2.44. The number of alkyl halides is 2. The minimum Gasteiger partial charge on any atom is -0.312 e. The predicted octanol–water partition coefficient (Wildman–Crippen LogP) is 2.35. The summed E-state index contributed by atoms with van der Waals surface area (Å²) < 4.78 is 26.7. The Morgan fingerprint density at radius 3 is 2.27 bits per heavy atom. The molecule has 0 heterocycles. The van der Waals surface area contributed by atoms with Crippen LogP contribution in [0.4, 0.5) is 8.78 Å². The second-order valence-corrected chi connectivity index (χ2v) is 4.05. The van der Waals surface area contributed by atoms with Crippen LogP contribution >= 0.6 is 0 Å². The van der Waals surface area contributed by atoms with Crippen molar-refractivity contribution in [3.05, 3.63) is 0 Å². The van der Waals surface area contributed by atoms with Gasteiger partial charge in [-0.25, -0.2) is 8.78 Å². The van der Waals surface area contributed by atoms with Crippen LogP contribution < -0.4 is 5.32 Å². The largest absolute Gasteiger partial charge is 0.312 e. The summed E-state index contributed by atoms with van der Waals surface area (Å²) >= 11 is 0. The van der Waals surface area contributed by atoms with Crippen molar-refractivity contribution < 1.29 is 8.78 Å². The minimum atomic E-state index is -2.60. The summed E-state index contributed by atoms with van der Waals surface area (Å²) in [5.74, 6) is -2.60. The maximum atomic E-state index is 13.4. The maximum absolute atomic E-state index is 13.4. The van der Waals surface area contributed by atoms with Crippen molar-refractivity contribution in [3.8, 4) is 0 Å². The topological polar surface area (TPSA) is 15.3 Å². The van der Waals surface area contributed by atoms with Crippen molar-refractivity contribution in [2.45, 2.75) is 45.1 Å². The van der Waals surface area contributed by atoms with E-state index in [0.717, 1.165) is 19.5 Å². The fraction of sp³-hybridized carbons (Fsp3) is 1.00. The average molecular weight is 222 g/mol. The molecule has 1 unspecified atom stereocenters. The number of rotatable bonds is 8. The molecular weight excluding hydrogens is 198 g/mol. The molecule has 0 saturated heterocycles. The van der Waals surface area contributed by atoms with Gasteiger partial charge in [0.05, 0.1) is 6.04 Å². The summed E-state index contributed by atoms with van der Waals surface area (Å²) in [4.78, 5) is 2.09. The zero-order valence-electron chi connectivity index (χ0n) is 10.3. The number of hydrogen-bond donors (Lipinski definition) is 1. The molecule has 1 atom stereocenters. The van der Waals surface area contributed by atoms with Crippen molar-refractivity contribution in [3.63, 3.8) is 0 Å². The first-order valence-corrected chi connectivity index (χ1v) is 5.71. The van der Waals surface area contributed by atoms with E-state index in [-0.39, 0.29) is 6.42 Å². The van der Waals surface area contributed by atoms with E-state index >= 15 is 0 Å². The van der Waals surface area contributed by atoms with Crippen LogP contribution in [0.5, 0.6) is 0 Å². The van der Waals surface area contributed by atoms with Gasteiger partial charge in [-0.3, -0.25) is 0 Å². The molecule has 0 aromatic heterocycles. The monoisotopic (exact) mass is 222 g/mol. The van der Waals surface area contributed by atoms with Crippen LogP contribution in [-0.2, 0) is 0 Å². The Hall–Kier alpha value is -0.220. The molecule has 4 heteroatoms. The van der Waals surface area contributed by atoms with Gasteiger partial charge in [-0.15, -0.1) is 0 Å². The molecule has 0 fully saturated rings. The highest BCUT2D eigenvalue weighted by Crippen LogP contribution is 2.24. The van der Waals surface area contributed by atoms with Crippen LogP contribution in [0.1, 0.15) is 33.1 Å². The third kappa shape index (κ3) is 5.42. The van der Waals surface area contributed by atoms with E-state index in [1.807, 2.05) is 7.05 Å². The van der Waals surface area contributed by atoms with E-state index in [1.54, 1.807) is 7.05 Å². The van der Waals surface area contributed by atoms with Crippen LogP contribution in [0.3, 0.4) is 0 Å². The molecule has 0 radical (unpaired) electrons. The van der Waals surface area contributed by atoms with Crippen molar-refractivity contribution in [1.82, 2.24) is 10.2 Å². The Bertz CT molecular complexity index is 163. The molecule has 0 aliphatic heterocycles. The lowest BCUT2D eigenvalue weighted by atomic mass is 10.0. The van der Waals surface area contributed by atoms with Gasteiger partial charge in [0.15, 0.2) is 0 Å². The molecule has 0 aliphatic carbocycles. The van der Waals surface area contributed by atoms with Crippen LogP contribution in [0.15, 0.2) is 0 Å². The van der Waals surface area contributed by atoms with E-state index < -0.39 is 12.0 Å². The normalized spacial score (nSPS) is 14.6. The molecular formula is C11H24F2N2. The Labute approximate surface area is 92.0 Å². The zero-order chi connectivity index (χ0) is 11.9. The van der Waals surface area contributed by atoms with Gasteiger partial charge in [-0.2, -0.15) is 0 Å². The van der Waals surface area contributed by atoms with E-state index in [9.17, 15) is 8.78 Å². The number of nitrogens with one attached hydrogen (secondary N) is 1. The van der Waals surface area contributed by atoms with Gasteiger partial charge in [0, 0.05) is 6.42 Å². The first-order valence-electron chi connectivity index (χ1n) is 5.71. The fourth-order valence-corrected chi connectivity index (χ4v) is 1.66. The molecule has 0 saturated carbocycles. The summed E-state index contributed by atoms with van der Waals surface area (Å²) in [5, 5.41) is 2.71. The molecule has 0 aromatic carbocycles. The van der Waals surface area contributed by atoms with Gasteiger partial charge in [-0.1, -0.05) is 13.8 Å². The van der Waals surface area contributed by atoms with E-state index in [1.165, 1.54) is 6.92 Å². The van der Waals surface area contributed by atoms with Gasteiger partial charge in [0.25, 0.3) is 5.92 Å². The predicted molar refractivity (Wildman–Crippen MR) is 60.5 cm³/mol. The molecule has 0 aromatic rings. The second-order valence-electron chi connectivity index (χ2n) is 4.05. The highest BCUT2D eigenvalue weighted by molar-refractivity contribution is 4.81. The summed E-state index contributed by atoms with van der Waals surface area (Å²) in [7, 11) is 3.58. The lowest BCUT2D eigenvalue weighted by Gasteiger charge is -2.27. The first-order chi connectivity index (χ1) is 6.97. The summed E-state index contributed by atoms with van der Waals surface area (Å²) in [6.07, 6.45) is 1.45. The summed E-state index contributed by atoms with van der Waals surface area (Å²) in [6, 6.07) is -0.707. The maximum Gasteiger partial charge on any atom is 0.262 e. The number of nitrogens with zero attached hydrogens (tertiary/aromatic N) is 1. The molecule has 0 amide bonds. The zero-order valence-corrected chi connectivity index (χ0v) is 10.3. The highest BCUT2D eigenvalue weighted by Gasteiger charge is 2.35.